The van der Waals surface area contributed by atoms with Crippen LogP contribution in [0.4, 0.5) is 13.2 Å². The van der Waals surface area contributed by atoms with E-state index in [4.69, 9.17) is 18.9 Å². The molecule has 6 atom stereocenters. The van der Waals surface area contributed by atoms with Gasteiger partial charge in [0.25, 0.3) is 0 Å². The Morgan fingerprint density at radius 3 is 0.796 bits per heavy atom. The summed E-state index contributed by atoms with van der Waals surface area (Å²) in [5, 5.41) is 0. The molecule has 0 spiro atoms. The Bertz CT molecular complexity index is 2010. The van der Waals surface area contributed by atoms with Crippen molar-refractivity contribution < 1.29 is 32.1 Å². The van der Waals surface area contributed by atoms with Crippen LogP contribution in [0.1, 0.15) is 300 Å². The highest BCUT2D eigenvalue weighted by Gasteiger charge is 2.18. The SMILES string of the molecule is C.C.CC1=CCC(C)CC1.CC1=CCC(C)CC1.CC1CCC(C)CC1.CC1CCC(C)CC1.CC1CCC(C)CC1.CC1CCC(C)OC1.CC1CCC(C)OC1.CC1COC(C)OC1.Cc1cc(F)c(C)c(F)c1.Cc1ccc(C)c(F)c1.Cc1ccc(C)cc1. The van der Waals surface area contributed by atoms with Crippen molar-refractivity contribution in [3.05, 3.63) is 129 Å². The quantitative estimate of drug-likeness (QED) is 0.210. The number of halogens is 3. The Morgan fingerprint density at radius 2 is 0.570 bits per heavy atom. The van der Waals surface area contributed by atoms with E-state index in [9.17, 15) is 13.2 Å². The number of rotatable bonds is 0. The molecule has 6 unspecified atom stereocenters. The second kappa shape index (κ2) is 53.8. The zero-order valence-corrected chi connectivity index (χ0v) is 63.1. The standard InChI is InChI=1S/C8H8F2.C8H9F.3C8H16.2C8H14.C8H10.2C7H14O.C6H12O2.2CH4/c1-5-3-7(9)6(2)8(10)4-5;1-6-3-4-7(2)8(9)5-6;6*1-7-3-5-8(2)6-4-7;2*1-6-3-4-7(2)8-5-6;1-5-3-7-6(2)8-4-5;;/h3-4H,1-2H3;3-5H,1-2H3;3*7-8H,3-6H2,1-2H3;2*3,8H,4-6H2,1-2H3;3-6H,1-2H3;2*6-7H,3-5H2,1-2H3;5-6H,3-4H2,1-2H3;2*1H4. The van der Waals surface area contributed by atoms with E-state index < -0.39 is 11.6 Å². The predicted molar refractivity (Wildman–Crippen MR) is 403 cm³/mol. The summed E-state index contributed by atoms with van der Waals surface area (Å²) < 4.78 is 58.9. The van der Waals surface area contributed by atoms with Gasteiger partial charge in [0.2, 0.25) is 0 Å². The minimum absolute atomic E-state index is 0. The van der Waals surface area contributed by atoms with Gasteiger partial charge in [0.1, 0.15) is 17.5 Å². The first-order valence-corrected chi connectivity index (χ1v) is 36.9. The first kappa shape index (κ1) is 91.8. The van der Waals surface area contributed by atoms with Gasteiger partial charge >= 0.3 is 0 Å². The van der Waals surface area contributed by atoms with E-state index in [2.05, 4.69) is 154 Å². The highest BCUT2D eigenvalue weighted by atomic mass is 19.1. The van der Waals surface area contributed by atoms with Crippen LogP contribution < -0.4 is 0 Å². The van der Waals surface area contributed by atoms with Crippen molar-refractivity contribution in [1.29, 1.82) is 0 Å². The van der Waals surface area contributed by atoms with Crippen LogP contribution in [0.3, 0.4) is 0 Å². The lowest BCUT2D eigenvalue weighted by Crippen LogP contribution is -2.27. The fourth-order valence-corrected chi connectivity index (χ4v) is 11.3. The van der Waals surface area contributed by atoms with Gasteiger partial charge < -0.3 is 18.9 Å². The van der Waals surface area contributed by atoms with Crippen molar-refractivity contribution in [2.24, 2.45) is 65.1 Å². The lowest BCUT2D eigenvalue weighted by atomic mass is 9.84. The van der Waals surface area contributed by atoms with Gasteiger partial charge in [-0.25, -0.2) is 13.2 Å². The zero-order valence-electron chi connectivity index (χ0n) is 63.1. The Morgan fingerprint density at radius 1 is 0.290 bits per heavy atom. The van der Waals surface area contributed by atoms with Crippen molar-refractivity contribution in [1.82, 2.24) is 0 Å². The number of ether oxygens (including phenoxy) is 4. The molecule has 3 aliphatic heterocycles. The van der Waals surface area contributed by atoms with Gasteiger partial charge in [-0.1, -0.05) is 239 Å². The third-order valence-corrected chi connectivity index (χ3v) is 19.4. The van der Waals surface area contributed by atoms with Gasteiger partial charge in [-0.05, 0) is 234 Å². The Kier molecular flexibility index (Phi) is 53.1. The van der Waals surface area contributed by atoms with Gasteiger partial charge in [0.05, 0.1) is 25.4 Å². The summed E-state index contributed by atoms with van der Waals surface area (Å²) in [5.74, 6) is 9.11. The summed E-state index contributed by atoms with van der Waals surface area (Å²) in [6, 6.07) is 16.3. The van der Waals surface area contributed by atoms with Crippen molar-refractivity contribution in [2.45, 2.75) is 327 Å². The molecule has 0 amide bonds. The maximum absolute atomic E-state index is 12.6. The Balaban J connectivity index is 0. The van der Waals surface area contributed by atoms with E-state index in [0.29, 0.717) is 29.3 Å². The van der Waals surface area contributed by atoms with Crippen LogP contribution >= 0.6 is 0 Å². The molecule has 93 heavy (non-hydrogen) atoms. The average molecular weight is 1310 g/mol. The monoisotopic (exact) mass is 1310 g/mol. The second-order valence-corrected chi connectivity index (χ2v) is 30.7. The molecule has 7 heteroatoms. The number of allylic oxidation sites excluding steroid dienone is 4. The van der Waals surface area contributed by atoms with Crippen molar-refractivity contribution >= 4 is 0 Å². The summed E-state index contributed by atoms with van der Waals surface area (Å²) in [4.78, 5) is 0. The number of hydrogen-bond donors (Lipinski definition) is 0. The average Bonchev–Trinajstić information content (AvgIpc) is 2.53. The van der Waals surface area contributed by atoms with Crippen molar-refractivity contribution in [3.63, 3.8) is 0 Å². The third-order valence-electron chi connectivity index (χ3n) is 19.4. The molecule has 5 aliphatic carbocycles. The van der Waals surface area contributed by atoms with Crippen LogP contribution in [0, 0.1) is 124 Å². The fourth-order valence-electron chi connectivity index (χ4n) is 11.3. The summed E-state index contributed by atoms with van der Waals surface area (Å²) in [5.41, 5.74) is 8.21. The molecule has 6 fully saturated rings. The number of hydrogen-bond acceptors (Lipinski definition) is 4. The van der Waals surface area contributed by atoms with Crippen LogP contribution in [-0.4, -0.2) is 44.9 Å². The first-order chi connectivity index (χ1) is 42.9. The summed E-state index contributed by atoms with van der Waals surface area (Å²) in [6.45, 7) is 50.7. The molecule has 3 aromatic carbocycles. The molecule has 3 aromatic rings. The van der Waals surface area contributed by atoms with E-state index in [1.807, 2.05) is 19.9 Å². The maximum Gasteiger partial charge on any atom is 0.154 e. The molecule has 540 valence electrons. The third kappa shape index (κ3) is 49.9. The summed E-state index contributed by atoms with van der Waals surface area (Å²) in [7, 11) is 0. The van der Waals surface area contributed by atoms with Gasteiger partial charge in [-0.2, -0.15) is 0 Å². The summed E-state index contributed by atoms with van der Waals surface area (Å²) >= 11 is 0. The maximum atomic E-state index is 12.6. The first-order valence-electron chi connectivity index (χ1n) is 36.9. The highest BCUT2D eigenvalue weighted by Crippen LogP contribution is 2.30. The van der Waals surface area contributed by atoms with Crippen LogP contribution in [0.2, 0.25) is 0 Å². The van der Waals surface area contributed by atoms with Gasteiger partial charge in [-0.15, -0.1) is 0 Å². The Hall–Kier alpha value is -3.23. The highest BCUT2D eigenvalue weighted by molar-refractivity contribution is 5.24. The van der Waals surface area contributed by atoms with Gasteiger partial charge in [0.15, 0.2) is 6.29 Å². The molecule has 0 N–H and O–H groups in total. The molecule has 4 nitrogen and oxygen atoms in total. The Labute approximate surface area is 576 Å². The molecular weight excluding hydrogens is 1150 g/mol. The van der Waals surface area contributed by atoms with E-state index >= 15 is 0 Å². The van der Waals surface area contributed by atoms with Crippen LogP contribution in [-0.2, 0) is 18.9 Å². The zero-order chi connectivity index (χ0) is 68.4. The summed E-state index contributed by atoms with van der Waals surface area (Å²) in [6.07, 6.45) is 36.8. The molecule has 3 heterocycles. The van der Waals surface area contributed by atoms with Gasteiger partial charge in [0, 0.05) is 24.7 Å². The van der Waals surface area contributed by atoms with E-state index in [-0.39, 0.29) is 32.5 Å². The molecule has 0 aromatic heterocycles. The van der Waals surface area contributed by atoms with Gasteiger partial charge in [-0.3, -0.25) is 0 Å². The van der Waals surface area contributed by atoms with Crippen LogP contribution in [0.5, 0.6) is 0 Å². The predicted octanol–water partition coefficient (Wildman–Crippen LogP) is 27.3. The fraction of sp³-hybridized carbons (Fsp3) is 0.744. The molecule has 11 rings (SSSR count). The van der Waals surface area contributed by atoms with E-state index in [1.165, 1.54) is 178 Å². The molecular formula is C86H151F3O4. The van der Waals surface area contributed by atoms with Crippen molar-refractivity contribution in [2.75, 3.05) is 26.4 Å². The minimum atomic E-state index is -0.475. The minimum Gasteiger partial charge on any atom is -0.378 e. The molecule has 0 bridgehead atoms. The lowest BCUT2D eigenvalue weighted by molar-refractivity contribution is -0.187. The largest absolute Gasteiger partial charge is 0.378 e. The van der Waals surface area contributed by atoms with Crippen LogP contribution in [0.25, 0.3) is 0 Å². The molecule has 3 saturated heterocycles. The number of benzene rings is 3. The van der Waals surface area contributed by atoms with E-state index in [0.717, 1.165) is 91.2 Å². The van der Waals surface area contributed by atoms with Crippen molar-refractivity contribution in [3.8, 4) is 0 Å². The lowest BCUT2D eigenvalue weighted by Gasteiger charge is -2.24. The molecule has 0 radical (unpaired) electrons. The smallest absolute Gasteiger partial charge is 0.154 e. The van der Waals surface area contributed by atoms with E-state index in [1.54, 1.807) is 31.1 Å². The number of aryl methyl sites for hydroxylation is 5. The molecule has 3 saturated carbocycles. The molecule has 8 aliphatic rings. The second-order valence-electron chi connectivity index (χ2n) is 30.7. The van der Waals surface area contributed by atoms with Crippen LogP contribution in [0.15, 0.2) is 77.9 Å². The topological polar surface area (TPSA) is 36.9 Å². The normalized spacial score (nSPS) is 28.4.